The highest BCUT2D eigenvalue weighted by Gasteiger charge is 2.16. The minimum Gasteiger partial charge on any atom is -0.537 e. The highest BCUT2D eigenvalue weighted by molar-refractivity contribution is 6.22. The van der Waals surface area contributed by atoms with Crippen LogP contribution in [-0.2, 0) is 0 Å². The lowest BCUT2D eigenvalue weighted by Gasteiger charge is -2.17. The van der Waals surface area contributed by atoms with Crippen LogP contribution in [-0.4, -0.2) is 12.7 Å². The fourth-order valence-corrected chi connectivity index (χ4v) is 4.90. The average Bonchev–Trinajstić information content (AvgIpc) is 2.88. The molecule has 0 aliphatic heterocycles. The van der Waals surface area contributed by atoms with E-state index in [4.69, 9.17) is 4.65 Å². The lowest BCUT2D eigenvalue weighted by atomic mass is 9.89. The average molecular weight is 423 g/mol. The third kappa shape index (κ3) is 3.26. The van der Waals surface area contributed by atoms with Crippen molar-refractivity contribution in [1.82, 2.24) is 0 Å². The van der Waals surface area contributed by atoms with Crippen LogP contribution in [0.3, 0.4) is 0 Å². The Balaban J connectivity index is 1.66. The largest absolute Gasteiger partial charge is 0.569 e. The first kappa shape index (κ1) is 19.6. The van der Waals surface area contributed by atoms with Crippen LogP contribution in [0.4, 0.5) is 0 Å². The fourth-order valence-electron chi connectivity index (χ4n) is 4.90. The molecule has 1 radical (unpaired) electrons. The van der Waals surface area contributed by atoms with Crippen molar-refractivity contribution in [3.05, 3.63) is 115 Å². The normalized spacial score (nSPS) is 11.2. The number of rotatable bonds is 4. The molecule has 1 N–H and O–H groups in total. The van der Waals surface area contributed by atoms with Gasteiger partial charge in [0.15, 0.2) is 0 Å². The highest BCUT2D eigenvalue weighted by atomic mass is 16.5. The summed E-state index contributed by atoms with van der Waals surface area (Å²) in [4.78, 5) is 0. The summed E-state index contributed by atoms with van der Waals surface area (Å²) in [5.74, 6) is 0.664. The molecular weight excluding hydrogens is 403 g/mol. The summed E-state index contributed by atoms with van der Waals surface area (Å²) < 4.78 is 5.60. The van der Waals surface area contributed by atoms with Crippen molar-refractivity contribution in [3.63, 3.8) is 0 Å². The second-order valence-electron chi connectivity index (χ2n) is 8.13. The molecule has 6 aromatic carbocycles. The summed E-state index contributed by atoms with van der Waals surface area (Å²) in [5.41, 5.74) is 4.71. The zero-order chi connectivity index (χ0) is 22.2. The van der Waals surface area contributed by atoms with Crippen molar-refractivity contribution in [2.24, 2.45) is 0 Å². The van der Waals surface area contributed by atoms with E-state index >= 15 is 0 Å². The topological polar surface area (TPSA) is 29.5 Å². The molecule has 0 saturated carbocycles. The molecule has 155 valence electrons. The second-order valence-corrected chi connectivity index (χ2v) is 8.13. The van der Waals surface area contributed by atoms with E-state index in [0.717, 1.165) is 40.4 Å². The van der Waals surface area contributed by atoms with E-state index in [-0.39, 0.29) is 0 Å². The zero-order valence-corrected chi connectivity index (χ0v) is 17.9. The lowest BCUT2D eigenvalue weighted by Crippen LogP contribution is -2.02. The Hall–Kier alpha value is -4.08. The Bertz CT molecular complexity index is 1580. The van der Waals surface area contributed by atoms with Crippen LogP contribution < -0.4 is 4.65 Å². The van der Waals surface area contributed by atoms with Gasteiger partial charge >= 0.3 is 7.69 Å². The Labute approximate surface area is 193 Å². The van der Waals surface area contributed by atoms with E-state index in [9.17, 15) is 5.02 Å². The zero-order valence-electron chi connectivity index (χ0n) is 17.9. The molecule has 0 spiro atoms. The summed E-state index contributed by atoms with van der Waals surface area (Å²) in [6.45, 7) is 0. The molecule has 0 atom stereocenters. The maximum Gasteiger partial charge on any atom is 0.569 e. The van der Waals surface area contributed by atoms with Crippen molar-refractivity contribution >= 4 is 40.0 Å². The Morgan fingerprint density at radius 2 is 1.06 bits per heavy atom. The smallest absolute Gasteiger partial charge is 0.537 e. The fraction of sp³-hybridized carbons (Fsp3) is 0. The van der Waals surface area contributed by atoms with E-state index in [0.29, 0.717) is 5.75 Å². The van der Waals surface area contributed by atoms with E-state index in [1.165, 1.54) is 21.9 Å². The van der Waals surface area contributed by atoms with Crippen LogP contribution in [0.2, 0.25) is 0 Å². The van der Waals surface area contributed by atoms with Gasteiger partial charge in [0.25, 0.3) is 0 Å². The van der Waals surface area contributed by atoms with Crippen molar-refractivity contribution in [1.29, 1.82) is 0 Å². The Morgan fingerprint density at radius 3 is 1.76 bits per heavy atom. The van der Waals surface area contributed by atoms with Crippen molar-refractivity contribution < 1.29 is 9.68 Å². The predicted molar refractivity (Wildman–Crippen MR) is 138 cm³/mol. The number of benzene rings is 6. The molecule has 0 bridgehead atoms. The summed E-state index contributed by atoms with van der Waals surface area (Å²) in [5, 5.41) is 16.0. The number of hydrogen-bond acceptors (Lipinski definition) is 2. The van der Waals surface area contributed by atoms with Crippen molar-refractivity contribution in [2.45, 2.75) is 0 Å². The van der Waals surface area contributed by atoms with Gasteiger partial charge in [-0.05, 0) is 49.9 Å². The third-order valence-corrected chi connectivity index (χ3v) is 6.30. The predicted octanol–water partition coefficient (Wildman–Crippen LogP) is 7.39. The molecule has 0 aliphatic carbocycles. The van der Waals surface area contributed by atoms with Gasteiger partial charge in [-0.25, -0.2) is 0 Å². The van der Waals surface area contributed by atoms with Crippen molar-refractivity contribution in [2.75, 3.05) is 0 Å². The maximum atomic E-state index is 9.43. The third-order valence-electron chi connectivity index (χ3n) is 6.30. The molecular formula is C30H20BO2. The molecule has 0 unspecified atom stereocenters. The molecule has 0 saturated heterocycles. The minimum atomic E-state index is 0.664. The van der Waals surface area contributed by atoms with Crippen molar-refractivity contribution in [3.8, 4) is 28.0 Å². The molecule has 2 nitrogen and oxygen atoms in total. The lowest BCUT2D eigenvalue weighted by molar-refractivity contribution is 0.459. The summed E-state index contributed by atoms with van der Waals surface area (Å²) in [6, 6.07) is 40.1. The number of fused-ring (bicyclic) bond motifs is 3. The standard InChI is InChI=1S/C30H20BO2/c32-31-33-30-27-16-5-3-14-25(27)29(26-15-4-6-17-28(26)30)22-12-7-11-21(19-22)24-18-8-10-20-9-1-2-13-23(20)24/h1-19,32H. The molecule has 6 rings (SSSR count). The SMILES string of the molecule is O[B]Oc1c2ccccc2c(-c2cccc(-c3cccc4ccccc34)c2)c2ccccc12. The molecule has 0 fully saturated rings. The van der Waals surface area contributed by atoms with Crippen LogP contribution in [0.1, 0.15) is 0 Å². The molecule has 0 aliphatic rings. The molecule has 3 heteroatoms. The highest BCUT2D eigenvalue weighted by Crippen LogP contribution is 2.43. The first-order valence-electron chi connectivity index (χ1n) is 11.0. The second kappa shape index (κ2) is 8.12. The van der Waals surface area contributed by atoms with Gasteiger partial charge in [0.1, 0.15) is 5.75 Å². The van der Waals surface area contributed by atoms with Crippen LogP contribution in [0.15, 0.2) is 115 Å². The summed E-state index contributed by atoms with van der Waals surface area (Å²) >= 11 is 0. The van der Waals surface area contributed by atoms with Crippen LogP contribution in [0.5, 0.6) is 5.75 Å². The van der Waals surface area contributed by atoms with Gasteiger partial charge in [-0.3, -0.25) is 0 Å². The van der Waals surface area contributed by atoms with Gasteiger partial charge in [-0.1, -0.05) is 109 Å². The van der Waals surface area contributed by atoms with Gasteiger partial charge in [0.05, 0.1) is 0 Å². The van der Waals surface area contributed by atoms with Gasteiger partial charge in [-0.2, -0.15) is 0 Å². The van der Waals surface area contributed by atoms with Gasteiger partial charge in [0, 0.05) is 10.8 Å². The molecule has 0 aromatic heterocycles. The first-order chi connectivity index (χ1) is 16.3. The van der Waals surface area contributed by atoms with Gasteiger partial charge in [-0.15, -0.1) is 0 Å². The van der Waals surface area contributed by atoms with E-state index in [2.05, 4.69) is 78.9 Å². The van der Waals surface area contributed by atoms with E-state index in [1.54, 1.807) is 0 Å². The molecule has 33 heavy (non-hydrogen) atoms. The van der Waals surface area contributed by atoms with E-state index < -0.39 is 0 Å². The monoisotopic (exact) mass is 423 g/mol. The summed E-state index contributed by atoms with van der Waals surface area (Å²) in [6.07, 6.45) is 0. The van der Waals surface area contributed by atoms with Crippen LogP contribution in [0, 0.1) is 0 Å². The van der Waals surface area contributed by atoms with Gasteiger partial charge in [0.2, 0.25) is 0 Å². The maximum absolute atomic E-state index is 9.43. The molecule has 6 aromatic rings. The van der Waals surface area contributed by atoms with Gasteiger partial charge < -0.3 is 9.68 Å². The molecule has 0 heterocycles. The van der Waals surface area contributed by atoms with Crippen LogP contribution >= 0.6 is 0 Å². The van der Waals surface area contributed by atoms with E-state index in [1.807, 2.05) is 36.4 Å². The quantitative estimate of drug-likeness (QED) is 0.237. The van der Waals surface area contributed by atoms with Crippen LogP contribution in [0.25, 0.3) is 54.6 Å². The Morgan fingerprint density at radius 1 is 0.515 bits per heavy atom. The summed E-state index contributed by atoms with van der Waals surface area (Å²) in [7, 11) is 0.759. The Kier molecular flexibility index (Phi) is 4.82. The first-order valence-corrected chi connectivity index (χ1v) is 11.0. The minimum absolute atomic E-state index is 0.664. The molecule has 0 amide bonds. The number of hydrogen-bond donors (Lipinski definition) is 1.